The summed E-state index contributed by atoms with van der Waals surface area (Å²) < 4.78 is 26.7. The lowest BCUT2D eigenvalue weighted by molar-refractivity contribution is -0.124. The molecule has 0 radical (unpaired) electrons. The van der Waals surface area contributed by atoms with E-state index in [-0.39, 0.29) is 31.6 Å². The van der Waals surface area contributed by atoms with Gasteiger partial charge in [0.2, 0.25) is 11.8 Å². The highest BCUT2D eigenvalue weighted by molar-refractivity contribution is 5.91. The van der Waals surface area contributed by atoms with Gasteiger partial charge in [-0.2, -0.15) is 0 Å². The van der Waals surface area contributed by atoms with Crippen molar-refractivity contribution in [1.29, 1.82) is 0 Å². The largest absolute Gasteiger partial charge is 0.349 e. The number of allylic oxidation sites excluding steroid dienone is 4. The van der Waals surface area contributed by atoms with Gasteiger partial charge >= 0.3 is 0 Å². The van der Waals surface area contributed by atoms with Gasteiger partial charge in [-0.3, -0.25) is 4.79 Å². The highest BCUT2D eigenvalue weighted by Gasteiger charge is 2.37. The molecule has 0 atom stereocenters. The molecule has 1 heterocycles. The lowest BCUT2D eigenvalue weighted by Crippen LogP contribution is -2.33. The number of pyridine rings is 1. The summed E-state index contributed by atoms with van der Waals surface area (Å²) in [6.07, 6.45) is 7.46. The molecule has 4 nitrogen and oxygen atoms in total. The Labute approximate surface area is 177 Å². The molecule has 0 bridgehead atoms. The molecule has 1 saturated carbocycles. The Bertz CT molecular complexity index is 969. The van der Waals surface area contributed by atoms with E-state index in [4.69, 9.17) is 0 Å². The normalized spacial score (nSPS) is 18.3. The van der Waals surface area contributed by atoms with E-state index in [2.05, 4.69) is 23.5 Å². The van der Waals surface area contributed by atoms with Crippen molar-refractivity contribution in [3.05, 3.63) is 58.4 Å². The van der Waals surface area contributed by atoms with Crippen molar-refractivity contribution >= 4 is 24.4 Å². The Kier molecular flexibility index (Phi) is 7.71. The molecule has 1 amide bonds. The smallest absolute Gasteiger partial charge is 0.248 e. The van der Waals surface area contributed by atoms with Crippen LogP contribution < -0.4 is 15.8 Å². The van der Waals surface area contributed by atoms with Gasteiger partial charge in [-0.15, -0.1) is 0 Å². The molecule has 0 aliphatic heterocycles. The van der Waals surface area contributed by atoms with Crippen molar-refractivity contribution in [2.75, 3.05) is 12.4 Å². The molecule has 1 aromatic rings. The molecule has 6 heteroatoms. The number of carbonyl (C=O) groups excluding carboxylic acids is 1. The van der Waals surface area contributed by atoms with Crippen LogP contribution in [0.2, 0.25) is 0 Å². The molecular formula is C24H31F2N3O. The number of anilines is 1. The summed E-state index contributed by atoms with van der Waals surface area (Å²) in [6, 6.07) is 1.76. The number of alkyl halides is 2. The number of nitrogens with one attached hydrogen (secondary N) is 1. The fourth-order valence-corrected chi connectivity index (χ4v) is 3.46. The molecule has 1 fully saturated rings. The number of rotatable bonds is 6. The van der Waals surface area contributed by atoms with Gasteiger partial charge in [0.05, 0.1) is 0 Å². The number of carbonyl (C=O) groups is 1. The molecule has 0 saturated heterocycles. The summed E-state index contributed by atoms with van der Waals surface area (Å²) in [6.45, 7) is 13.9. The van der Waals surface area contributed by atoms with Gasteiger partial charge in [0.25, 0.3) is 0 Å². The third-order valence-electron chi connectivity index (χ3n) is 5.49. The zero-order valence-electron chi connectivity index (χ0n) is 18.3. The van der Waals surface area contributed by atoms with Crippen LogP contribution >= 0.6 is 0 Å². The van der Waals surface area contributed by atoms with Gasteiger partial charge in [-0.25, -0.2) is 13.8 Å². The highest BCUT2D eigenvalue weighted by Crippen LogP contribution is 2.36. The number of amides is 1. The van der Waals surface area contributed by atoms with Crippen LogP contribution in [0.25, 0.3) is 12.7 Å². The standard InChI is InChI=1S/C24H31F2N3O/c1-7-18(21(8-2)29(6)16(3)4)13-20-14-22(27-15-17(20)5)28-23(30)19-9-11-24(25,26)12-10-19/h7-8,13-15,19H,3,5,9-12H2,1-2,4,6H3,(H,28,30)/b18-7+,20-13-,21-8-. The summed E-state index contributed by atoms with van der Waals surface area (Å²) in [5.41, 5.74) is 2.88. The van der Waals surface area contributed by atoms with E-state index in [0.717, 1.165) is 27.4 Å². The van der Waals surface area contributed by atoms with E-state index < -0.39 is 11.8 Å². The van der Waals surface area contributed by atoms with Crippen LogP contribution in [0.3, 0.4) is 0 Å². The van der Waals surface area contributed by atoms with Gasteiger partial charge in [-0.05, 0) is 61.8 Å². The summed E-state index contributed by atoms with van der Waals surface area (Å²) >= 11 is 0. The van der Waals surface area contributed by atoms with E-state index in [1.807, 2.05) is 50.9 Å². The first-order chi connectivity index (χ1) is 14.1. The van der Waals surface area contributed by atoms with Crippen LogP contribution in [-0.2, 0) is 4.79 Å². The zero-order chi connectivity index (χ0) is 22.5. The Balaban J connectivity index is 2.27. The van der Waals surface area contributed by atoms with Crippen LogP contribution in [0.15, 0.2) is 48.0 Å². The second-order valence-electron chi connectivity index (χ2n) is 7.74. The molecule has 1 N–H and O–H groups in total. The quantitative estimate of drug-likeness (QED) is 0.703. The van der Waals surface area contributed by atoms with Crippen molar-refractivity contribution in [3.8, 4) is 0 Å². The molecule has 1 aliphatic carbocycles. The number of hydrogen-bond donors (Lipinski definition) is 1. The van der Waals surface area contributed by atoms with Crippen LogP contribution in [0, 0.1) is 5.92 Å². The second-order valence-corrected chi connectivity index (χ2v) is 7.74. The third-order valence-corrected chi connectivity index (χ3v) is 5.49. The molecule has 0 spiro atoms. The van der Waals surface area contributed by atoms with E-state index in [0.29, 0.717) is 5.82 Å². The van der Waals surface area contributed by atoms with Crippen LogP contribution in [0.1, 0.15) is 46.5 Å². The van der Waals surface area contributed by atoms with Gasteiger partial charge in [-0.1, -0.05) is 25.3 Å². The van der Waals surface area contributed by atoms with Crippen LogP contribution in [-0.4, -0.2) is 28.8 Å². The Morgan fingerprint density at radius 1 is 1.30 bits per heavy atom. The first-order valence-electron chi connectivity index (χ1n) is 10.2. The van der Waals surface area contributed by atoms with Gasteiger partial charge in [0, 0.05) is 43.4 Å². The van der Waals surface area contributed by atoms with Gasteiger partial charge in [0.1, 0.15) is 5.82 Å². The summed E-state index contributed by atoms with van der Waals surface area (Å²) in [5, 5.41) is 4.32. The van der Waals surface area contributed by atoms with E-state index >= 15 is 0 Å². The second kappa shape index (κ2) is 9.83. The summed E-state index contributed by atoms with van der Waals surface area (Å²) in [4.78, 5) is 18.8. The third kappa shape index (κ3) is 5.88. The zero-order valence-corrected chi connectivity index (χ0v) is 18.3. The van der Waals surface area contributed by atoms with Gasteiger partial charge < -0.3 is 10.2 Å². The topological polar surface area (TPSA) is 45.2 Å². The molecule has 1 aliphatic rings. The fraction of sp³-hybridized carbons (Fsp3) is 0.417. The first kappa shape index (κ1) is 23.5. The fourth-order valence-electron chi connectivity index (χ4n) is 3.46. The summed E-state index contributed by atoms with van der Waals surface area (Å²) in [5.74, 6) is -2.94. The number of aromatic nitrogens is 1. The number of hydrogen-bond acceptors (Lipinski definition) is 3. The maximum atomic E-state index is 13.3. The monoisotopic (exact) mass is 415 g/mol. The molecule has 30 heavy (non-hydrogen) atoms. The van der Waals surface area contributed by atoms with Crippen molar-refractivity contribution in [2.45, 2.75) is 52.4 Å². The molecule has 0 unspecified atom stereocenters. The first-order valence-corrected chi connectivity index (χ1v) is 10.2. The van der Waals surface area contributed by atoms with E-state index in [1.54, 1.807) is 12.3 Å². The van der Waals surface area contributed by atoms with Crippen molar-refractivity contribution in [1.82, 2.24) is 9.88 Å². The average Bonchev–Trinajstić information content (AvgIpc) is 2.69. The molecular weight excluding hydrogens is 384 g/mol. The number of nitrogens with zero attached hydrogens (tertiary/aromatic N) is 2. The molecule has 2 rings (SSSR count). The lowest BCUT2D eigenvalue weighted by Gasteiger charge is -2.27. The number of halogens is 2. The predicted octanol–water partition coefficient (Wildman–Crippen LogP) is 4.35. The Hall–Kier alpha value is -2.76. The maximum Gasteiger partial charge on any atom is 0.248 e. The number of likely N-dealkylation sites (N-methyl/N-ethyl adjacent to an activating group) is 1. The molecule has 0 aromatic carbocycles. The van der Waals surface area contributed by atoms with Gasteiger partial charge in [0.15, 0.2) is 0 Å². The SMILES string of the molecule is C=C(C)N(C)C(=C\C)/C(/C=c1/cc(NC(=O)C2CCC(F)(F)CC2)ncc1=C)=C/C. The van der Waals surface area contributed by atoms with Crippen molar-refractivity contribution < 1.29 is 13.6 Å². The van der Waals surface area contributed by atoms with Crippen LogP contribution in [0.4, 0.5) is 14.6 Å². The van der Waals surface area contributed by atoms with Crippen molar-refractivity contribution in [3.63, 3.8) is 0 Å². The van der Waals surface area contributed by atoms with E-state index in [9.17, 15) is 13.6 Å². The molecule has 162 valence electrons. The predicted molar refractivity (Wildman–Crippen MR) is 119 cm³/mol. The maximum absolute atomic E-state index is 13.3. The molecule has 1 aromatic heterocycles. The highest BCUT2D eigenvalue weighted by atomic mass is 19.3. The van der Waals surface area contributed by atoms with Crippen LogP contribution in [0.5, 0.6) is 0 Å². The lowest BCUT2D eigenvalue weighted by atomic mass is 9.86. The average molecular weight is 416 g/mol. The minimum atomic E-state index is -2.66. The Morgan fingerprint density at radius 2 is 1.93 bits per heavy atom. The minimum Gasteiger partial charge on any atom is -0.349 e. The minimum absolute atomic E-state index is 0.186. The van der Waals surface area contributed by atoms with E-state index in [1.165, 1.54) is 0 Å². The summed E-state index contributed by atoms with van der Waals surface area (Å²) in [7, 11) is 1.95. The van der Waals surface area contributed by atoms with Crippen molar-refractivity contribution in [2.24, 2.45) is 5.92 Å². The Morgan fingerprint density at radius 3 is 2.47 bits per heavy atom.